The van der Waals surface area contributed by atoms with Gasteiger partial charge in [-0.25, -0.2) is 0 Å². The van der Waals surface area contributed by atoms with Crippen LogP contribution in [0.2, 0.25) is 0 Å². The quantitative estimate of drug-likeness (QED) is 0.755. The van der Waals surface area contributed by atoms with Crippen molar-refractivity contribution in [1.82, 2.24) is 5.32 Å². The minimum absolute atomic E-state index is 0. The van der Waals surface area contributed by atoms with Crippen LogP contribution in [-0.2, 0) is 21.3 Å². The van der Waals surface area contributed by atoms with E-state index in [1.165, 1.54) is 12.8 Å². The van der Waals surface area contributed by atoms with E-state index in [4.69, 9.17) is 0 Å². The molecule has 2 N–H and O–H groups in total. The third-order valence-corrected chi connectivity index (χ3v) is 6.80. The van der Waals surface area contributed by atoms with Crippen molar-refractivity contribution in [3.63, 3.8) is 0 Å². The van der Waals surface area contributed by atoms with Gasteiger partial charge in [-0.3, -0.25) is 9.00 Å². The first-order chi connectivity index (χ1) is 11.8. The molecule has 3 atom stereocenters. The van der Waals surface area contributed by atoms with Crippen LogP contribution in [0.4, 0.5) is 5.69 Å². The van der Waals surface area contributed by atoms with Gasteiger partial charge in [0.05, 0.1) is 0 Å². The number of anilines is 1. The second kappa shape index (κ2) is 10.4. The fourth-order valence-electron chi connectivity index (χ4n) is 3.14. The van der Waals surface area contributed by atoms with Gasteiger partial charge < -0.3 is 10.6 Å². The molecule has 0 saturated carbocycles. The molecule has 4 nitrogen and oxygen atoms in total. The van der Waals surface area contributed by atoms with Crippen molar-refractivity contribution in [2.75, 3.05) is 18.4 Å². The average Bonchev–Trinajstić information content (AvgIpc) is 2.55. The molecule has 6 heteroatoms. The standard InChI is InChI=1S/C20H32N2O2S.ClH/c1-15(17-8-6-10-21-13-17)11-19(23)22-18-9-5-7-16(12-18)14-25(24)20(2,3)4;/h5,7,9,12,15,17,21H,6,8,10-11,13-14H2,1-4H3,(H,22,23);1H. The Bertz CT molecular complexity index is 610. The maximum atomic E-state index is 12.4. The largest absolute Gasteiger partial charge is 0.326 e. The third kappa shape index (κ3) is 7.37. The molecule has 2 rings (SSSR count). The maximum Gasteiger partial charge on any atom is 0.224 e. The highest BCUT2D eigenvalue weighted by Gasteiger charge is 2.22. The summed E-state index contributed by atoms with van der Waals surface area (Å²) in [6.45, 7) is 10.2. The highest BCUT2D eigenvalue weighted by molar-refractivity contribution is 7.85. The summed E-state index contributed by atoms with van der Waals surface area (Å²) < 4.78 is 12.1. The summed E-state index contributed by atoms with van der Waals surface area (Å²) in [5.41, 5.74) is 1.79. The number of benzene rings is 1. The number of nitrogens with one attached hydrogen (secondary N) is 2. The van der Waals surface area contributed by atoms with Crippen molar-refractivity contribution >= 4 is 34.8 Å². The van der Waals surface area contributed by atoms with Crippen LogP contribution in [0, 0.1) is 11.8 Å². The van der Waals surface area contributed by atoms with E-state index in [1.54, 1.807) is 0 Å². The Morgan fingerprint density at radius 1 is 1.38 bits per heavy atom. The first-order valence-electron chi connectivity index (χ1n) is 9.23. The van der Waals surface area contributed by atoms with Crippen molar-refractivity contribution in [2.24, 2.45) is 11.8 Å². The zero-order valence-corrected chi connectivity index (χ0v) is 18.0. The minimum Gasteiger partial charge on any atom is -0.326 e. The summed E-state index contributed by atoms with van der Waals surface area (Å²) in [5, 5.41) is 6.42. The zero-order chi connectivity index (χ0) is 18.4. The molecule has 0 aromatic heterocycles. The Morgan fingerprint density at radius 2 is 2.12 bits per heavy atom. The molecule has 1 heterocycles. The zero-order valence-electron chi connectivity index (χ0n) is 16.3. The SMILES string of the molecule is CC(CC(=O)Nc1cccc(CS(=O)C(C)(C)C)c1)C1CCCNC1.Cl. The van der Waals surface area contributed by atoms with Crippen LogP contribution < -0.4 is 10.6 Å². The van der Waals surface area contributed by atoms with E-state index in [0.717, 1.165) is 24.3 Å². The molecule has 26 heavy (non-hydrogen) atoms. The van der Waals surface area contributed by atoms with Crippen LogP contribution >= 0.6 is 12.4 Å². The van der Waals surface area contributed by atoms with Crippen molar-refractivity contribution in [2.45, 2.75) is 57.5 Å². The van der Waals surface area contributed by atoms with E-state index in [2.05, 4.69) is 17.6 Å². The molecule has 0 radical (unpaired) electrons. The van der Waals surface area contributed by atoms with Gasteiger partial charge >= 0.3 is 0 Å². The lowest BCUT2D eigenvalue weighted by Crippen LogP contribution is -2.34. The molecule has 1 aliphatic heterocycles. The van der Waals surface area contributed by atoms with Gasteiger partial charge in [-0.05, 0) is 76.2 Å². The molecular weight excluding hydrogens is 368 g/mol. The average molecular weight is 401 g/mol. The Labute approximate surface area is 166 Å². The van der Waals surface area contributed by atoms with Crippen molar-refractivity contribution < 1.29 is 9.00 Å². The second-order valence-electron chi connectivity index (χ2n) is 8.14. The highest BCUT2D eigenvalue weighted by Crippen LogP contribution is 2.23. The van der Waals surface area contributed by atoms with Crippen LogP contribution in [0.1, 0.15) is 52.5 Å². The molecule has 148 valence electrons. The van der Waals surface area contributed by atoms with Gasteiger partial charge in [0.25, 0.3) is 0 Å². The van der Waals surface area contributed by atoms with Crippen molar-refractivity contribution in [1.29, 1.82) is 0 Å². The van der Waals surface area contributed by atoms with E-state index in [1.807, 2.05) is 45.0 Å². The molecule has 0 spiro atoms. The van der Waals surface area contributed by atoms with E-state index in [-0.39, 0.29) is 23.1 Å². The summed E-state index contributed by atoms with van der Waals surface area (Å²) in [7, 11) is -0.941. The van der Waals surface area contributed by atoms with Crippen LogP contribution in [-0.4, -0.2) is 28.0 Å². The molecule has 0 bridgehead atoms. The van der Waals surface area contributed by atoms with Gasteiger partial charge in [-0.15, -0.1) is 12.4 Å². The van der Waals surface area contributed by atoms with Gasteiger partial charge in [0, 0.05) is 33.4 Å². The first kappa shape index (κ1) is 23.1. The molecular formula is C20H33ClN2O2S. The number of amides is 1. The summed E-state index contributed by atoms with van der Waals surface area (Å²) in [6, 6.07) is 7.72. The van der Waals surface area contributed by atoms with E-state index < -0.39 is 10.8 Å². The topological polar surface area (TPSA) is 58.2 Å². The van der Waals surface area contributed by atoms with E-state index in [0.29, 0.717) is 24.0 Å². The Morgan fingerprint density at radius 3 is 2.73 bits per heavy atom. The number of halogens is 1. The molecule has 1 aromatic carbocycles. The van der Waals surface area contributed by atoms with Crippen molar-refractivity contribution in [3.8, 4) is 0 Å². The molecule has 1 amide bonds. The van der Waals surface area contributed by atoms with Crippen LogP contribution in [0.25, 0.3) is 0 Å². The second-order valence-corrected chi connectivity index (χ2v) is 10.3. The molecule has 0 aliphatic carbocycles. The van der Waals surface area contributed by atoms with Gasteiger partial charge in [0.1, 0.15) is 0 Å². The fraction of sp³-hybridized carbons (Fsp3) is 0.650. The van der Waals surface area contributed by atoms with Gasteiger partial charge in [0.15, 0.2) is 0 Å². The fourth-order valence-corrected chi connectivity index (χ4v) is 4.06. The van der Waals surface area contributed by atoms with E-state index in [9.17, 15) is 9.00 Å². The predicted octanol–water partition coefficient (Wildman–Crippen LogP) is 4.12. The van der Waals surface area contributed by atoms with Crippen LogP contribution in [0.3, 0.4) is 0 Å². The number of carbonyl (C=O) groups excluding carboxylic acids is 1. The number of rotatable bonds is 6. The Kier molecular flexibility index (Phi) is 9.28. The molecule has 3 unspecified atom stereocenters. The van der Waals surface area contributed by atoms with Gasteiger partial charge in [-0.1, -0.05) is 19.1 Å². The lowest BCUT2D eigenvalue weighted by Gasteiger charge is -2.28. The third-order valence-electron chi connectivity index (χ3n) is 4.84. The molecule has 1 fully saturated rings. The Balaban J connectivity index is 0.00000338. The minimum atomic E-state index is -0.941. The lowest BCUT2D eigenvalue weighted by atomic mass is 9.85. The molecule has 1 aliphatic rings. The van der Waals surface area contributed by atoms with Gasteiger partial charge in [-0.2, -0.15) is 0 Å². The van der Waals surface area contributed by atoms with Gasteiger partial charge in [0.2, 0.25) is 5.91 Å². The van der Waals surface area contributed by atoms with E-state index >= 15 is 0 Å². The smallest absolute Gasteiger partial charge is 0.224 e. The number of piperidine rings is 1. The number of hydrogen-bond donors (Lipinski definition) is 2. The summed E-state index contributed by atoms with van der Waals surface area (Å²) in [6.07, 6.45) is 2.95. The number of carbonyl (C=O) groups is 1. The maximum absolute atomic E-state index is 12.4. The lowest BCUT2D eigenvalue weighted by molar-refractivity contribution is -0.117. The van der Waals surface area contributed by atoms with Crippen LogP contribution in [0.15, 0.2) is 24.3 Å². The molecule has 1 aromatic rings. The normalized spacial score (nSPS) is 19.9. The summed E-state index contributed by atoms with van der Waals surface area (Å²) >= 11 is 0. The first-order valence-corrected chi connectivity index (χ1v) is 10.6. The molecule has 1 saturated heterocycles. The summed E-state index contributed by atoms with van der Waals surface area (Å²) in [4.78, 5) is 12.4. The Hall–Kier alpha value is -0.910. The highest BCUT2D eigenvalue weighted by atomic mass is 35.5. The number of hydrogen-bond acceptors (Lipinski definition) is 3. The monoisotopic (exact) mass is 400 g/mol. The van der Waals surface area contributed by atoms with Crippen LogP contribution in [0.5, 0.6) is 0 Å². The summed E-state index contributed by atoms with van der Waals surface area (Å²) in [5.74, 6) is 1.54. The van der Waals surface area contributed by atoms with Crippen molar-refractivity contribution in [3.05, 3.63) is 29.8 Å². The predicted molar refractivity (Wildman–Crippen MR) is 113 cm³/mol.